The van der Waals surface area contributed by atoms with Crippen molar-refractivity contribution in [2.75, 3.05) is 33.7 Å². The van der Waals surface area contributed by atoms with E-state index in [-0.39, 0.29) is 30.0 Å². The van der Waals surface area contributed by atoms with E-state index in [2.05, 4.69) is 65.4 Å². The molecule has 0 spiro atoms. The van der Waals surface area contributed by atoms with Gasteiger partial charge in [0, 0.05) is 36.8 Å². The molecule has 0 aliphatic carbocycles. The number of thiophene rings is 1. The SMILES string of the molecule is CCNC(=NCC(c1cnn(C)c1)N(C)C)NCCc1cccs1.I. The third-order valence-electron chi connectivity index (χ3n) is 3.74. The highest BCUT2D eigenvalue weighted by molar-refractivity contribution is 14.0. The van der Waals surface area contributed by atoms with Crippen LogP contribution < -0.4 is 10.6 Å². The standard InChI is InChI=1S/C17H28N6S.HI/c1-5-18-17(19-9-8-15-7-6-10-24-15)20-12-16(22(2)3)14-11-21-23(4)13-14;/h6-7,10-11,13,16H,5,8-9,12H2,1-4H3,(H2,18,19,20);1H. The molecule has 25 heavy (non-hydrogen) atoms. The normalized spacial score (nSPS) is 12.8. The van der Waals surface area contributed by atoms with Crippen molar-refractivity contribution in [1.82, 2.24) is 25.3 Å². The lowest BCUT2D eigenvalue weighted by molar-refractivity contribution is 0.306. The number of hydrogen-bond donors (Lipinski definition) is 2. The fraction of sp³-hybridized carbons (Fsp3) is 0.529. The van der Waals surface area contributed by atoms with Gasteiger partial charge in [0.15, 0.2) is 5.96 Å². The molecule has 2 N–H and O–H groups in total. The summed E-state index contributed by atoms with van der Waals surface area (Å²) in [6, 6.07) is 4.47. The number of aliphatic imine (C=N–C) groups is 1. The van der Waals surface area contributed by atoms with Crippen molar-refractivity contribution >= 4 is 41.3 Å². The summed E-state index contributed by atoms with van der Waals surface area (Å²) in [6.07, 6.45) is 4.98. The summed E-state index contributed by atoms with van der Waals surface area (Å²) in [6.45, 7) is 4.50. The van der Waals surface area contributed by atoms with E-state index in [0.29, 0.717) is 6.54 Å². The zero-order valence-electron chi connectivity index (χ0n) is 15.4. The van der Waals surface area contributed by atoms with E-state index in [1.165, 1.54) is 10.4 Å². The number of likely N-dealkylation sites (N-methyl/N-ethyl adjacent to an activating group) is 1. The van der Waals surface area contributed by atoms with Gasteiger partial charge in [0.1, 0.15) is 0 Å². The molecule has 0 radical (unpaired) electrons. The molecule has 0 aliphatic heterocycles. The van der Waals surface area contributed by atoms with Gasteiger partial charge in [-0.25, -0.2) is 0 Å². The van der Waals surface area contributed by atoms with Crippen molar-refractivity contribution in [2.24, 2.45) is 12.0 Å². The van der Waals surface area contributed by atoms with Crippen molar-refractivity contribution in [2.45, 2.75) is 19.4 Å². The summed E-state index contributed by atoms with van der Waals surface area (Å²) in [5.74, 6) is 0.866. The van der Waals surface area contributed by atoms with Crippen LogP contribution in [0.4, 0.5) is 0 Å². The smallest absolute Gasteiger partial charge is 0.191 e. The first-order valence-electron chi connectivity index (χ1n) is 8.29. The predicted molar refractivity (Wildman–Crippen MR) is 117 cm³/mol. The fourth-order valence-corrected chi connectivity index (χ4v) is 3.17. The lowest BCUT2D eigenvalue weighted by Crippen LogP contribution is -2.39. The Morgan fingerprint density at radius 2 is 2.20 bits per heavy atom. The number of rotatable bonds is 8. The van der Waals surface area contributed by atoms with Crippen molar-refractivity contribution in [3.05, 3.63) is 40.3 Å². The van der Waals surface area contributed by atoms with Crippen LogP contribution in [-0.4, -0.2) is 54.4 Å². The van der Waals surface area contributed by atoms with Crippen LogP contribution >= 0.6 is 35.3 Å². The highest BCUT2D eigenvalue weighted by Crippen LogP contribution is 2.17. The van der Waals surface area contributed by atoms with E-state index < -0.39 is 0 Å². The number of aryl methyl sites for hydroxylation is 1. The molecule has 0 saturated heterocycles. The van der Waals surface area contributed by atoms with Gasteiger partial charge in [0.05, 0.1) is 18.8 Å². The maximum atomic E-state index is 4.76. The van der Waals surface area contributed by atoms with Gasteiger partial charge in [-0.2, -0.15) is 5.10 Å². The second kappa shape index (κ2) is 11.5. The number of halogens is 1. The Bertz CT molecular complexity index is 623. The molecule has 140 valence electrons. The highest BCUT2D eigenvalue weighted by atomic mass is 127. The van der Waals surface area contributed by atoms with Crippen molar-refractivity contribution in [3.8, 4) is 0 Å². The molecule has 0 aromatic carbocycles. The minimum absolute atomic E-state index is 0. The summed E-state index contributed by atoms with van der Waals surface area (Å²) >= 11 is 1.79. The van der Waals surface area contributed by atoms with Crippen LogP contribution in [0.2, 0.25) is 0 Å². The van der Waals surface area contributed by atoms with Crippen LogP contribution in [0.15, 0.2) is 34.9 Å². The van der Waals surface area contributed by atoms with Gasteiger partial charge in [0.25, 0.3) is 0 Å². The predicted octanol–water partition coefficient (Wildman–Crippen LogP) is 2.50. The van der Waals surface area contributed by atoms with Gasteiger partial charge < -0.3 is 15.5 Å². The topological polar surface area (TPSA) is 57.5 Å². The Labute approximate surface area is 171 Å². The lowest BCUT2D eigenvalue weighted by atomic mass is 10.1. The monoisotopic (exact) mass is 476 g/mol. The Hall–Kier alpha value is -1.13. The van der Waals surface area contributed by atoms with Gasteiger partial charge >= 0.3 is 0 Å². The summed E-state index contributed by atoms with van der Waals surface area (Å²) in [5.41, 5.74) is 1.18. The molecule has 0 fully saturated rings. The third kappa shape index (κ3) is 7.33. The third-order valence-corrected chi connectivity index (χ3v) is 4.68. The molecule has 2 rings (SSSR count). The summed E-state index contributed by atoms with van der Waals surface area (Å²) in [7, 11) is 6.09. The molecule has 2 heterocycles. The number of hydrogen-bond acceptors (Lipinski definition) is 4. The van der Waals surface area contributed by atoms with Crippen molar-refractivity contribution < 1.29 is 0 Å². The van der Waals surface area contributed by atoms with Gasteiger partial charge in [-0.3, -0.25) is 9.67 Å². The Balaban J connectivity index is 0.00000312. The molecular weight excluding hydrogens is 447 g/mol. The highest BCUT2D eigenvalue weighted by Gasteiger charge is 2.15. The van der Waals surface area contributed by atoms with E-state index in [0.717, 1.165) is 25.5 Å². The number of aromatic nitrogens is 2. The molecule has 2 aromatic rings. The number of guanidine groups is 1. The first-order chi connectivity index (χ1) is 11.6. The maximum absolute atomic E-state index is 4.76. The van der Waals surface area contributed by atoms with E-state index in [4.69, 9.17) is 4.99 Å². The van der Waals surface area contributed by atoms with Gasteiger partial charge in [-0.1, -0.05) is 6.07 Å². The molecule has 0 bridgehead atoms. The van der Waals surface area contributed by atoms with Gasteiger partial charge in [0.2, 0.25) is 0 Å². The Kier molecular flexibility index (Phi) is 10.1. The summed E-state index contributed by atoms with van der Waals surface area (Å²) in [4.78, 5) is 8.32. The van der Waals surface area contributed by atoms with Crippen LogP contribution in [0.1, 0.15) is 23.4 Å². The number of nitrogens with one attached hydrogen (secondary N) is 2. The first kappa shape index (κ1) is 21.9. The van der Waals surface area contributed by atoms with Gasteiger partial charge in [-0.05, 0) is 38.9 Å². The van der Waals surface area contributed by atoms with Crippen LogP contribution in [0, 0.1) is 0 Å². The molecule has 1 atom stereocenters. The average Bonchev–Trinajstić information content (AvgIpc) is 3.19. The van der Waals surface area contributed by atoms with Crippen LogP contribution in [0.25, 0.3) is 0 Å². The van der Waals surface area contributed by atoms with E-state index in [1.54, 1.807) is 11.3 Å². The Morgan fingerprint density at radius 1 is 1.40 bits per heavy atom. The molecular formula is C17H29IN6S. The Morgan fingerprint density at radius 3 is 2.76 bits per heavy atom. The second-order valence-corrected chi connectivity index (χ2v) is 6.93. The molecule has 1 unspecified atom stereocenters. The summed E-state index contributed by atoms with van der Waals surface area (Å²) in [5, 5.41) is 13.1. The molecule has 0 saturated carbocycles. The maximum Gasteiger partial charge on any atom is 0.191 e. The molecule has 6 nitrogen and oxygen atoms in total. The average molecular weight is 476 g/mol. The molecule has 2 aromatic heterocycles. The lowest BCUT2D eigenvalue weighted by Gasteiger charge is -2.22. The minimum atomic E-state index is 0. The van der Waals surface area contributed by atoms with Crippen molar-refractivity contribution in [1.29, 1.82) is 0 Å². The minimum Gasteiger partial charge on any atom is -0.357 e. The second-order valence-electron chi connectivity index (χ2n) is 5.90. The largest absolute Gasteiger partial charge is 0.357 e. The van der Waals surface area contributed by atoms with E-state index >= 15 is 0 Å². The van der Waals surface area contributed by atoms with Crippen molar-refractivity contribution in [3.63, 3.8) is 0 Å². The molecule has 0 amide bonds. The number of nitrogens with zero attached hydrogens (tertiary/aromatic N) is 4. The molecule has 0 aliphatic rings. The van der Waals surface area contributed by atoms with Crippen LogP contribution in [0.3, 0.4) is 0 Å². The molecule has 8 heteroatoms. The zero-order chi connectivity index (χ0) is 17.4. The van der Waals surface area contributed by atoms with Gasteiger partial charge in [-0.15, -0.1) is 35.3 Å². The zero-order valence-corrected chi connectivity index (χ0v) is 18.5. The quantitative estimate of drug-likeness (QED) is 0.349. The van der Waals surface area contributed by atoms with Crippen LogP contribution in [0.5, 0.6) is 0 Å². The summed E-state index contributed by atoms with van der Waals surface area (Å²) < 4.78 is 1.83. The van der Waals surface area contributed by atoms with Crippen LogP contribution in [-0.2, 0) is 13.5 Å². The first-order valence-corrected chi connectivity index (χ1v) is 9.17. The van der Waals surface area contributed by atoms with E-state index in [1.807, 2.05) is 17.9 Å². The van der Waals surface area contributed by atoms with E-state index in [9.17, 15) is 0 Å². The fourth-order valence-electron chi connectivity index (χ4n) is 2.46.